The van der Waals surface area contributed by atoms with E-state index in [1.54, 1.807) is 24.3 Å². The number of phenolic OH excluding ortho intramolecular Hbond substituents is 1. The van der Waals surface area contributed by atoms with E-state index in [1.807, 2.05) is 12.2 Å². The van der Waals surface area contributed by atoms with E-state index in [0.717, 1.165) is 17.5 Å². The molecule has 0 aliphatic heterocycles. The Labute approximate surface area is 210 Å². The Hall–Kier alpha value is -3.86. The number of phenols is 1. The zero-order valence-electron chi connectivity index (χ0n) is 19.8. The van der Waals surface area contributed by atoms with Gasteiger partial charge >= 0.3 is 6.36 Å². The van der Waals surface area contributed by atoms with Crippen LogP contribution in [-0.4, -0.2) is 39.9 Å². The quantitative estimate of drug-likeness (QED) is 0.175. The summed E-state index contributed by atoms with van der Waals surface area (Å²) in [4.78, 5) is 0.598. The summed E-state index contributed by atoms with van der Waals surface area (Å²) in [7, 11) is 6.01. The molecule has 0 fully saturated rings. The van der Waals surface area contributed by atoms with Crippen molar-refractivity contribution in [3.63, 3.8) is 0 Å². The Morgan fingerprint density at radius 1 is 0.778 bits per heavy atom. The molecular formula is C25H24F3NO6S. The number of nitrogens with one attached hydrogen (secondary N) is 1. The van der Waals surface area contributed by atoms with Gasteiger partial charge in [0.1, 0.15) is 5.75 Å². The molecule has 2 N–H and O–H groups in total. The Bertz CT molecular complexity index is 1190. The number of benzene rings is 3. The lowest BCUT2D eigenvalue weighted by atomic mass is 10.1. The molecule has 0 amide bonds. The van der Waals surface area contributed by atoms with Crippen molar-refractivity contribution in [2.24, 2.45) is 0 Å². The predicted octanol–water partition coefficient (Wildman–Crippen LogP) is 6.61. The fourth-order valence-electron chi connectivity index (χ4n) is 3.17. The number of rotatable bonds is 10. The third-order valence-electron chi connectivity index (χ3n) is 4.81. The Balaban J connectivity index is 1.81. The van der Waals surface area contributed by atoms with E-state index >= 15 is 0 Å². The zero-order chi connectivity index (χ0) is 26.3. The van der Waals surface area contributed by atoms with E-state index in [4.69, 9.17) is 18.9 Å². The topological polar surface area (TPSA) is 78.4 Å². The van der Waals surface area contributed by atoms with Gasteiger partial charge in [-0.15, -0.1) is 13.2 Å². The summed E-state index contributed by atoms with van der Waals surface area (Å²) in [5, 5.41) is 10.5. The second-order valence-corrected chi connectivity index (χ2v) is 8.01. The summed E-state index contributed by atoms with van der Waals surface area (Å²) in [6.07, 6.45) is -1.13. The standard InChI is InChI=1S/C25H24F3NO6S/c1-31-20-12-15(5-6-16-13-21(32-2)24(34-4)22(14-16)33-3)11-19(23(20)30)29-36-18-9-7-17(8-10-18)35-25(26,27)28/h5-14,29-30H,1-4H3/b6-5-. The van der Waals surface area contributed by atoms with Crippen LogP contribution in [0.25, 0.3) is 12.2 Å². The van der Waals surface area contributed by atoms with Gasteiger partial charge in [-0.25, -0.2) is 0 Å². The Morgan fingerprint density at radius 2 is 1.31 bits per heavy atom. The monoisotopic (exact) mass is 523 g/mol. The van der Waals surface area contributed by atoms with Crippen LogP contribution in [0, 0.1) is 0 Å². The van der Waals surface area contributed by atoms with E-state index in [9.17, 15) is 18.3 Å². The molecule has 3 aromatic carbocycles. The van der Waals surface area contributed by atoms with Gasteiger partial charge in [0.2, 0.25) is 5.75 Å². The molecule has 0 aliphatic carbocycles. The van der Waals surface area contributed by atoms with E-state index in [-0.39, 0.29) is 17.2 Å². The number of ether oxygens (including phenoxy) is 5. The van der Waals surface area contributed by atoms with Gasteiger partial charge < -0.3 is 33.5 Å². The van der Waals surface area contributed by atoms with Gasteiger partial charge in [-0.1, -0.05) is 12.2 Å². The lowest BCUT2D eigenvalue weighted by molar-refractivity contribution is -0.274. The average Bonchev–Trinajstić information content (AvgIpc) is 2.86. The van der Waals surface area contributed by atoms with E-state index < -0.39 is 6.36 Å². The van der Waals surface area contributed by atoms with E-state index in [0.29, 0.717) is 33.4 Å². The Kier molecular flexibility index (Phi) is 8.70. The molecule has 11 heteroatoms. The largest absolute Gasteiger partial charge is 0.573 e. The lowest BCUT2D eigenvalue weighted by Crippen LogP contribution is -2.16. The summed E-state index contributed by atoms with van der Waals surface area (Å²) in [6.45, 7) is 0. The van der Waals surface area contributed by atoms with E-state index in [2.05, 4.69) is 9.46 Å². The summed E-state index contributed by atoms with van der Waals surface area (Å²) in [6, 6.07) is 12.3. The number of methoxy groups -OCH3 is 4. The van der Waals surface area contributed by atoms with Crippen LogP contribution in [0.3, 0.4) is 0 Å². The van der Waals surface area contributed by atoms with Gasteiger partial charge in [-0.3, -0.25) is 0 Å². The highest BCUT2D eigenvalue weighted by Crippen LogP contribution is 2.40. The van der Waals surface area contributed by atoms with Crippen molar-refractivity contribution < 1.29 is 42.0 Å². The molecule has 0 aromatic heterocycles. The molecule has 192 valence electrons. The molecule has 36 heavy (non-hydrogen) atoms. The summed E-state index contributed by atoms with van der Waals surface area (Å²) >= 11 is 1.10. The van der Waals surface area contributed by atoms with Crippen LogP contribution in [0.2, 0.25) is 0 Å². The molecule has 0 saturated heterocycles. The molecule has 0 spiro atoms. The molecule has 0 aliphatic rings. The number of anilines is 1. The van der Waals surface area contributed by atoms with Gasteiger partial charge in [0, 0.05) is 4.90 Å². The maximum absolute atomic E-state index is 12.3. The molecule has 0 radical (unpaired) electrons. The molecule has 3 aromatic rings. The third-order valence-corrected chi connectivity index (χ3v) is 5.64. The molecule has 0 atom stereocenters. The van der Waals surface area contributed by atoms with Crippen molar-refractivity contribution in [3.05, 3.63) is 59.7 Å². The first-order valence-corrected chi connectivity index (χ1v) is 11.2. The highest BCUT2D eigenvalue weighted by molar-refractivity contribution is 8.00. The zero-order valence-corrected chi connectivity index (χ0v) is 20.6. The smallest absolute Gasteiger partial charge is 0.503 e. The highest BCUT2D eigenvalue weighted by atomic mass is 32.2. The molecule has 0 saturated carbocycles. The first-order chi connectivity index (χ1) is 17.2. The minimum absolute atomic E-state index is 0.119. The summed E-state index contributed by atoms with van der Waals surface area (Å²) in [5.41, 5.74) is 1.83. The van der Waals surface area contributed by atoms with Crippen LogP contribution in [0.15, 0.2) is 53.4 Å². The number of aromatic hydroxyl groups is 1. The number of hydrogen-bond donors (Lipinski definition) is 2. The third kappa shape index (κ3) is 6.85. The molecular weight excluding hydrogens is 499 g/mol. The van der Waals surface area contributed by atoms with Crippen molar-refractivity contribution >= 4 is 29.8 Å². The van der Waals surface area contributed by atoms with Crippen molar-refractivity contribution in [3.8, 4) is 34.5 Å². The van der Waals surface area contributed by atoms with E-state index in [1.165, 1.54) is 52.7 Å². The minimum Gasteiger partial charge on any atom is -0.503 e. The first-order valence-electron chi connectivity index (χ1n) is 10.3. The van der Waals surface area contributed by atoms with Crippen molar-refractivity contribution in [2.45, 2.75) is 11.3 Å². The molecule has 0 unspecified atom stereocenters. The minimum atomic E-state index is -4.76. The van der Waals surface area contributed by atoms with Gasteiger partial charge in [0.05, 0.1) is 34.1 Å². The SMILES string of the molecule is COc1cc(/C=C\c2cc(OC)c(OC)c(OC)c2)cc(NSc2ccc(OC(F)(F)F)cc2)c1O. The maximum atomic E-state index is 12.3. The molecule has 7 nitrogen and oxygen atoms in total. The molecule has 0 bridgehead atoms. The predicted molar refractivity (Wildman–Crippen MR) is 132 cm³/mol. The normalized spacial score (nSPS) is 11.3. The van der Waals surface area contributed by atoms with Crippen molar-refractivity contribution in [1.29, 1.82) is 0 Å². The van der Waals surface area contributed by atoms with Gasteiger partial charge in [0.25, 0.3) is 0 Å². The summed E-state index contributed by atoms with van der Waals surface area (Å²) < 4.78 is 65.3. The van der Waals surface area contributed by atoms with Crippen LogP contribution >= 0.6 is 11.9 Å². The fraction of sp³-hybridized carbons (Fsp3) is 0.200. The van der Waals surface area contributed by atoms with Gasteiger partial charge in [-0.05, 0) is 71.6 Å². The number of alkyl halides is 3. The second kappa shape index (κ2) is 11.7. The Morgan fingerprint density at radius 3 is 1.81 bits per heavy atom. The maximum Gasteiger partial charge on any atom is 0.573 e. The highest BCUT2D eigenvalue weighted by Gasteiger charge is 2.31. The van der Waals surface area contributed by atoms with Crippen LogP contribution < -0.4 is 28.4 Å². The van der Waals surface area contributed by atoms with Crippen LogP contribution in [0.4, 0.5) is 18.9 Å². The molecule has 0 heterocycles. The van der Waals surface area contributed by atoms with Crippen LogP contribution in [-0.2, 0) is 0 Å². The van der Waals surface area contributed by atoms with Crippen molar-refractivity contribution in [2.75, 3.05) is 33.2 Å². The number of halogens is 3. The fourth-order valence-corrected chi connectivity index (χ4v) is 3.83. The second-order valence-electron chi connectivity index (χ2n) is 7.13. The summed E-state index contributed by atoms with van der Waals surface area (Å²) in [5.74, 6) is 1.28. The first kappa shape index (κ1) is 26.7. The van der Waals surface area contributed by atoms with Gasteiger partial charge in [-0.2, -0.15) is 0 Å². The van der Waals surface area contributed by atoms with Crippen molar-refractivity contribution in [1.82, 2.24) is 0 Å². The van der Waals surface area contributed by atoms with Gasteiger partial charge in [0.15, 0.2) is 23.0 Å². The van der Waals surface area contributed by atoms with Crippen LogP contribution in [0.1, 0.15) is 11.1 Å². The number of hydrogen-bond acceptors (Lipinski definition) is 8. The lowest BCUT2D eigenvalue weighted by Gasteiger charge is -2.13. The van der Waals surface area contributed by atoms with Crippen LogP contribution in [0.5, 0.6) is 34.5 Å². The molecule has 3 rings (SSSR count). The average molecular weight is 524 g/mol.